The third kappa shape index (κ3) is 2.81. The van der Waals surface area contributed by atoms with E-state index in [4.69, 9.17) is 9.47 Å². The third-order valence-corrected chi connectivity index (χ3v) is 3.65. The highest BCUT2D eigenvalue weighted by Crippen LogP contribution is 2.20. The Morgan fingerprint density at radius 3 is 2.50 bits per heavy atom. The molecule has 0 aliphatic rings. The number of esters is 1. The molecule has 22 heavy (non-hydrogen) atoms. The number of rotatable bonds is 4. The van der Waals surface area contributed by atoms with Gasteiger partial charge in [0.15, 0.2) is 0 Å². The van der Waals surface area contributed by atoms with Crippen molar-refractivity contribution in [1.82, 2.24) is 4.98 Å². The summed E-state index contributed by atoms with van der Waals surface area (Å²) in [6, 6.07) is 15.6. The van der Waals surface area contributed by atoms with Crippen molar-refractivity contribution in [2.45, 2.75) is 6.42 Å². The number of benzene rings is 2. The summed E-state index contributed by atoms with van der Waals surface area (Å²) in [7, 11) is 3.04. The van der Waals surface area contributed by atoms with Crippen LogP contribution < -0.4 is 4.74 Å². The van der Waals surface area contributed by atoms with Crippen LogP contribution >= 0.6 is 0 Å². The highest BCUT2D eigenvalue weighted by molar-refractivity contribution is 5.94. The molecule has 3 aromatic rings. The molecule has 0 atom stereocenters. The lowest BCUT2D eigenvalue weighted by Gasteiger charge is -2.02. The second-order valence-corrected chi connectivity index (χ2v) is 5.11. The van der Waals surface area contributed by atoms with Crippen molar-refractivity contribution in [3.63, 3.8) is 0 Å². The molecule has 112 valence electrons. The minimum Gasteiger partial charge on any atom is -0.497 e. The number of ether oxygens (including phenoxy) is 2. The Kier molecular flexibility index (Phi) is 3.83. The smallest absolute Gasteiger partial charge is 0.337 e. The van der Waals surface area contributed by atoms with E-state index in [0.29, 0.717) is 5.56 Å². The van der Waals surface area contributed by atoms with Crippen LogP contribution in [0.15, 0.2) is 48.5 Å². The lowest BCUT2D eigenvalue weighted by molar-refractivity contribution is 0.0601. The van der Waals surface area contributed by atoms with Gasteiger partial charge in [-0.2, -0.15) is 0 Å². The third-order valence-electron chi connectivity index (χ3n) is 3.65. The Bertz CT molecular complexity index is 803. The van der Waals surface area contributed by atoms with Gasteiger partial charge >= 0.3 is 5.97 Å². The Hall–Kier alpha value is -2.75. The maximum absolute atomic E-state index is 11.6. The molecule has 1 aromatic heterocycles. The summed E-state index contributed by atoms with van der Waals surface area (Å²) in [5.41, 5.74) is 3.78. The summed E-state index contributed by atoms with van der Waals surface area (Å²) in [6.45, 7) is 0. The van der Waals surface area contributed by atoms with Gasteiger partial charge in [0.1, 0.15) is 5.75 Å². The van der Waals surface area contributed by atoms with E-state index >= 15 is 0 Å². The predicted molar refractivity (Wildman–Crippen MR) is 85.4 cm³/mol. The van der Waals surface area contributed by atoms with Gasteiger partial charge in [-0.3, -0.25) is 0 Å². The molecule has 0 radical (unpaired) electrons. The Morgan fingerprint density at radius 2 is 1.82 bits per heavy atom. The maximum atomic E-state index is 11.6. The van der Waals surface area contributed by atoms with Gasteiger partial charge in [0.25, 0.3) is 0 Å². The number of methoxy groups -OCH3 is 2. The number of carbonyl (C=O) groups excluding carboxylic acids is 1. The maximum Gasteiger partial charge on any atom is 0.337 e. The van der Waals surface area contributed by atoms with E-state index in [1.807, 2.05) is 36.4 Å². The molecule has 0 spiro atoms. The minimum atomic E-state index is -0.326. The summed E-state index contributed by atoms with van der Waals surface area (Å²) in [5.74, 6) is 0.524. The molecule has 0 aliphatic carbocycles. The van der Waals surface area contributed by atoms with Crippen molar-refractivity contribution < 1.29 is 14.3 Å². The van der Waals surface area contributed by atoms with Crippen LogP contribution in [-0.2, 0) is 11.2 Å². The summed E-state index contributed by atoms with van der Waals surface area (Å²) in [4.78, 5) is 14.9. The number of aromatic nitrogens is 1. The Labute approximate surface area is 128 Å². The van der Waals surface area contributed by atoms with Crippen LogP contribution in [0.2, 0.25) is 0 Å². The zero-order valence-corrected chi connectivity index (χ0v) is 12.6. The molecule has 0 amide bonds. The molecule has 0 bridgehead atoms. The standard InChI is InChI=1S/C18H17NO3/c1-21-16-7-3-12(4-8-16)9-15-10-13-5-6-14(18(20)22-2)11-17(13)19-15/h3-8,10-11,19H,9H2,1-2H3. The minimum absolute atomic E-state index is 0.326. The number of hydrogen-bond donors (Lipinski definition) is 1. The van der Waals surface area contributed by atoms with E-state index in [0.717, 1.165) is 28.8 Å². The fourth-order valence-electron chi connectivity index (χ4n) is 2.49. The van der Waals surface area contributed by atoms with Crippen molar-refractivity contribution in [1.29, 1.82) is 0 Å². The summed E-state index contributed by atoms with van der Waals surface area (Å²) in [5, 5.41) is 1.08. The normalized spacial score (nSPS) is 10.6. The lowest BCUT2D eigenvalue weighted by atomic mass is 10.1. The quantitative estimate of drug-likeness (QED) is 0.749. The largest absolute Gasteiger partial charge is 0.497 e. The predicted octanol–water partition coefficient (Wildman–Crippen LogP) is 3.55. The van der Waals surface area contributed by atoms with Crippen LogP contribution in [0.5, 0.6) is 5.75 Å². The van der Waals surface area contributed by atoms with Gasteiger partial charge < -0.3 is 14.5 Å². The molecule has 0 aliphatic heterocycles. The first-order chi connectivity index (χ1) is 10.7. The van der Waals surface area contributed by atoms with Crippen LogP contribution in [0, 0.1) is 0 Å². The van der Waals surface area contributed by atoms with E-state index in [1.54, 1.807) is 13.2 Å². The number of fused-ring (bicyclic) bond motifs is 1. The van der Waals surface area contributed by atoms with E-state index in [1.165, 1.54) is 12.7 Å². The van der Waals surface area contributed by atoms with E-state index < -0.39 is 0 Å². The molecular formula is C18H17NO3. The fraction of sp³-hybridized carbons (Fsp3) is 0.167. The monoisotopic (exact) mass is 295 g/mol. The molecule has 0 fully saturated rings. The summed E-state index contributed by atoms with van der Waals surface area (Å²) in [6.07, 6.45) is 0.798. The van der Waals surface area contributed by atoms with Gasteiger partial charge in [-0.05, 0) is 41.3 Å². The first-order valence-corrected chi connectivity index (χ1v) is 7.02. The molecule has 4 nitrogen and oxygen atoms in total. The molecule has 2 aromatic carbocycles. The number of carbonyl (C=O) groups is 1. The van der Waals surface area contributed by atoms with Gasteiger partial charge in [-0.1, -0.05) is 18.2 Å². The van der Waals surface area contributed by atoms with E-state index in [2.05, 4.69) is 11.1 Å². The Morgan fingerprint density at radius 1 is 1.05 bits per heavy atom. The van der Waals surface area contributed by atoms with Crippen molar-refractivity contribution in [2.24, 2.45) is 0 Å². The van der Waals surface area contributed by atoms with Crippen molar-refractivity contribution in [3.05, 3.63) is 65.4 Å². The zero-order chi connectivity index (χ0) is 15.5. The second-order valence-electron chi connectivity index (χ2n) is 5.11. The average Bonchev–Trinajstić information content (AvgIpc) is 2.96. The summed E-state index contributed by atoms with van der Waals surface area (Å²) < 4.78 is 9.91. The van der Waals surface area contributed by atoms with Gasteiger partial charge in [0.05, 0.1) is 19.8 Å². The lowest BCUT2D eigenvalue weighted by Crippen LogP contribution is -2.00. The van der Waals surface area contributed by atoms with Crippen LogP contribution in [0.4, 0.5) is 0 Å². The second kappa shape index (κ2) is 5.93. The molecule has 3 rings (SSSR count). The molecular weight excluding hydrogens is 278 g/mol. The molecule has 1 N–H and O–H groups in total. The van der Waals surface area contributed by atoms with Crippen molar-refractivity contribution in [3.8, 4) is 5.75 Å². The first kappa shape index (κ1) is 14.2. The first-order valence-electron chi connectivity index (χ1n) is 7.02. The number of aromatic amines is 1. The van der Waals surface area contributed by atoms with Gasteiger partial charge in [0.2, 0.25) is 0 Å². The van der Waals surface area contributed by atoms with E-state index in [-0.39, 0.29) is 5.97 Å². The zero-order valence-electron chi connectivity index (χ0n) is 12.6. The van der Waals surface area contributed by atoms with Crippen LogP contribution in [0.1, 0.15) is 21.6 Å². The SMILES string of the molecule is COC(=O)c1ccc2cc(Cc3ccc(OC)cc3)[nH]c2c1. The number of H-pyrrole nitrogens is 1. The molecule has 0 saturated heterocycles. The number of hydrogen-bond acceptors (Lipinski definition) is 3. The van der Waals surface area contributed by atoms with Gasteiger partial charge in [-0.25, -0.2) is 4.79 Å². The molecule has 0 saturated carbocycles. The summed E-state index contributed by atoms with van der Waals surface area (Å²) >= 11 is 0. The Balaban J connectivity index is 1.86. The topological polar surface area (TPSA) is 51.3 Å². The van der Waals surface area contributed by atoms with Crippen LogP contribution in [0.3, 0.4) is 0 Å². The van der Waals surface area contributed by atoms with Gasteiger partial charge in [-0.15, -0.1) is 0 Å². The fourth-order valence-corrected chi connectivity index (χ4v) is 2.49. The van der Waals surface area contributed by atoms with E-state index in [9.17, 15) is 4.79 Å². The van der Waals surface area contributed by atoms with Gasteiger partial charge in [0, 0.05) is 17.6 Å². The van der Waals surface area contributed by atoms with Crippen molar-refractivity contribution in [2.75, 3.05) is 14.2 Å². The van der Waals surface area contributed by atoms with Crippen molar-refractivity contribution >= 4 is 16.9 Å². The molecule has 0 unspecified atom stereocenters. The highest BCUT2D eigenvalue weighted by Gasteiger charge is 2.08. The molecule has 4 heteroatoms. The molecule has 1 heterocycles. The number of nitrogens with one attached hydrogen (secondary N) is 1. The highest BCUT2D eigenvalue weighted by atomic mass is 16.5. The van der Waals surface area contributed by atoms with Crippen LogP contribution in [-0.4, -0.2) is 25.2 Å². The average molecular weight is 295 g/mol. The van der Waals surface area contributed by atoms with Crippen LogP contribution in [0.25, 0.3) is 10.9 Å².